The fraction of sp³-hybridized carbons (Fsp3) is 0.588. The van der Waals surface area contributed by atoms with E-state index in [1.54, 1.807) is 17.0 Å². The van der Waals surface area contributed by atoms with Crippen molar-refractivity contribution in [2.24, 2.45) is 0 Å². The number of hydrogen-bond donors (Lipinski definition) is 0. The molecular weight excluding hydrogens is 883 g/mol. The number of amides is 1. The molecule has 1 amide bonds. The Morgan fingerprint density at radius 1 is 0.925 bits per heavy atom. The Bertz CT molecular complexity index is 2580. The monoisotopic (exact) mass is 947 g/mol. The van der Waals surface area contributed by atoms with E-state index in [-0.39, 0.29) is 112 Å². The summed E-state index contributed by atoms with van der Waals surface area (Å²) < 4.78 is 96.8. The standard InChI is InChI=1S/C51H65F4N5O6Si/c1-29(2)67(30(3)4,31(5)6)20-17-37-39(53)16-13-32-21-36(65-28-62-10)22-38(40(32)37)41-43(54)45-42(46(63-11)44(41)55)47(57-48(56-45)64-27-51-18-12-19-59(51)24-33(52)23-51)58-25-34-14-15-35(26-58)60(34)49(61)66-50(7,8)9/h13,16,21-22,29-31,33-35H,12,14-15,18-19,23-28H2,1-11H3/t33-,34?,35?,51+/m1/s1. The fourth-order valence-corrected chi connectivity index (χ4v) is 17.0. The highest BCUT2D eigenvalue weighted by Gasteiger charge is 2.50. The molecule has 362 valence electrons. The van der Waals surface area contributed by atoms with Crippen LogP contribution in [0.3, 0.4) is 0 Å². The number of methoxy groups -OCH3 is 2. The van der Waals surface area contributed by atoms with E-state index in [0.717, 1.165) is 13.0 Å². The van der Waals surface area contributed by atoms with Crippen LogP contribution >= 0.6 is 0 Å². The summed E-state index contributed by atoms with van der Waals surface area (Å²) in [6.45, 7) is 19.9. The molecule has 2 unspecified atom stereocenters. The molecule has 0 saturated carbocycles. The van der Waals surface area contributed by atoms with Gasteiger partial charge in [0.15, 0.2) is 24.2 Å². The van der Waals surface area contributed by atoms with Crippen LogP contribution in [0.2, 0.25) is 16.6 Å². The van der Waals surface area contributed by atoms with Gasteiger partial charge >= 0.3 is 12.1 Å². The van der Waals surface area contributed by atoms with Crippen LogP contribution < -0.4 is 19.1 Å². The van der Waals surface area contributed by atoms with Crippen molar-refractivity contribution in [1.29, 1.82) is 0 Å². The summed E-state index contributed by atoms with van der Waals surface area (Å²) in [5.74, 6) is 0.538. The van der Waals surface area contributed by atoms with Crippen LogP contribution in [0.25, 0.3) is 32.8 Å². The summed E-state index contributed by atoms with van der Waals surface area (Å²) in [6, 6.07) is 5.24. The summed E-state index contributed by atoms with van der Waals surface area (Å²) in [5.41, 5.74) is 2.18. The first kappa shape index (κ1) is 48.6. The van der Waals surface area contributed by atoms with Gasteiger partial charge in [0.1, 0.15) is 49.4 Å². The van der Waals surface area contributed by atoms with Crippen LogP contribution in [0.4, 0.5) is 28.2 Å². The Balaban J connectivity index is 1.36. The lowest BCUT2D eigenvalue weighted by Crippen LogP contribution is -2.57. The van der Waals surface area contributed by atoms with Gasteiger partial charge in [0.2, 0.25) is 0 Å². The minimum Gasteiger partial charge on any atom is -0.493 e. The van der Waals surface area contributed by atoms with Gasteiger partial charge in [0.05, 0.1) is 41.2 Å². The minimum absolute atomic E-state index is 0.0105. The lowest BCUT2D eigenvalue weighted by Gasteiger charge is -2.42. The second-order valence-electron chi connectivity index (χ2n) is 20.8. The van der Waals surface area contributed by atoms with Crippen molar-refractivity contribution < 1.29 is 46.0 Å². The van der Waals surface area contributed by atoms with Crippen molar-refractivity contribution >= 4 is 41.7 Å². The first-order valence-electron chi connectivity index (χ1n) is 23.7. The van der Waals surface area contributed by atoms with Crippen LogP contribution in [-0.4, -0.2) is 117 Å². The third kappa shape index (κ3) is 8.77. The highest BCUT2D eigenvalue weighted by Crippen LogP contribution is 2.48. The molecular formula is C51H65F4N5O6Si. The zero-order valence-corrected chi connectivity index (χ0v) is 41.7. The maximum Gasteiger partial charge on any atom is 0.410 e. The van der Waals surface area contributed by atoms with Crippen molar-refractivity contribution in [2.75, 3.05) is 58.7 Å². The van der Waals surface area contributed by atoms with Crippen molar-refractivity contribution in [3.8, 4) is 40.1 Å². The summed E-state index contributed by atoms with van der Waals surface area (Å²) in [7, 11) is 0.319. The molecule has 4 fully saturated rings. The summed E-state index contributed by atoms with van der Waals surface area (Å²) in [4.78, 5) is 28.9. The fourth-order valence-electron chi connectivity index (χ4n) is 11.8. The number of piperazine rings is 1. The number of nitrogens with zero attached hydrogens (tertiary/aromatic N) is 5. The first-order chi connectivity index (χ1) is 31.7. The molecule has 1 aromatic heterocycles. The molecule has 0 N–H and O–H groups in total. The number of carbonyl (C=O) groups is 1. The summed E-state index contributed by atoms with van der Waals surface area (Å²) in [6.07, 6.45) is 1.81. The Morgan fingerprint density at radius 2 is 1.61 bits per heavy atom. The Labute approximate surface area is 392 Å². The molecule has 16 heteroatoms. The molecule has 2 bridgehead atoms. The maximum atomic E-state index is 18.2. The Hall–Kier alpha value is -4.85. The van der Waals surface area contributed by atoms with Gasteiger partial charge in [0.25, 0.3) is 0 Å². The van der Waals surface area contributed by atoms with E-state index in [2.05, 4.69) is 62.9 Å². The van der Waals surface area contributed by atoms with Gasteiger partial charge in [-0.05, 0) is 93.2 Å². The Morgan fingerprint density at radius 3 is 2.24 bits per heavy atom. The van der Waals surface area contributed by atoms with E-state index in [0.29, 0.717) is 31.2 Å². The van der Waals surface area contributed by atoms with E-state index in [1.807, 2.05) is 25.7 Å². The zero-order chi connectivity index (χ0) is 48.3. The Kier molecular flexibility index (Phi) is 13.5. The number of aromatic nitrogens is 2. The normalized spacial score (nSPS) is 22.0. The quantitative estimate of drug-likeness (QED) is 0.0591. The predicted octanol–water partition coefficient (Wildman–Crippen LogP) is 11.0. The first-order valence-corrected chi connectivity index (χ1v) is 25.9. The highest BCUT2D eigenvalue weighted by molar-refractivity contribution is 6.90. The molecule has 4 aliphatic heterocycles. The third-order valence-electron chi connectivity index (χ3n) is 14.7. The smallest absolute Gasteiger partial charge is 0.410 e. The minimum atomic E-state index is -2.43. The van der Waals surface area contributed by atoms with Crippen molar-refractivity contribution in [3.63, 3.8) is 0 Å². The second kappa shape index (κ2) is 18.6. The van der Waals surface area contributed by atoms with E-state index in [4.69, 9.17) is 28.7 Å². The molecule has 4 aromatic rings. The summed E-state index contributed by atoms with van der Waals surface area (Å²) in [5, 5.41) is 0.596. The number of ether oxygens (including phenoxy) is 5. The van der Waals surface area contributed by atoms with E-state index in [9.17, 15) is 9.18 Å². The molecule has 8 rings (SSSR count). The van der Waals surface area contributed by atoms with Gasteiger partial charge in [-0.1, -0.05) is 53.5 Å². The molecule has 67 heavy (non-hydrogen) atoms. The molecule has 11 nitrogen and oxygen atoms in total. The zero-order valence-electron chi connectivity index (χ0n) is 40.7. The largest absolute Gasteiger partial charge is 0.493 e. The number of carbonyl (C=O) groups excluding carboxylic acids is 1. The number of anilines is 1. The third-order valence-corrected chi connectivity index (χ3v) is 21.0. The van der Waals surface area contributed by atoms with Gasteiger partial charge in [-0.15, -0.1) is 5.54 Å². The van der Waals surface area contributed by atoms with Gasteiger partial charge in [0, 0.05) is 44.1 Å². The van der Waals surface area contributed by atoms with Gasteiger partial charge in [-0.2, -0.15) is 9.97 Å². The molecule has 0 aliphatic carbocycles. The number of benzene rings is 3. The average Bonchev–Trinajstić information content (AvgIpc) is 3.88. The maximum absolute atomic E-state index is 18.2. The molecule has 3 aromatic carbocycles. The topological polar surface area (TPSA) is 98.7 Å². The van der Waals surface area contributed by atoms with Gasteiger partial charge < -0.3 is 28.6 Å². The van der Waals surface area contributed by atoms with Gasteiger partial charge in [-0.25, -0.2) is 22.4 Å². The highest BCUT2D eigenvalue weighted by atomic mass is 28.3. The molecule has 0 radical (unpaired) electrons. The number of fused-ring (bicyclic) bond motifs is 5. The van der Waals surface area contributed by atoms with Crippen molar-refractivity contribution in [2.45, 2.75) is 140 Å². The van der Waals surface area contributed by atoms with E-state index >= 15 is 13.2 Å². The van der Waals surface area contributed by atoms with E-state index in [1.165, 1.54) is 26.4 Å². The van der Waals surface area contributed by atoms with Crippen LogP contribution in [0, 0.1) is 28.9 Å². The van der Waals surface area contributed by atoms with Crippen LogP contribution in [-0.2, 0) is 9.47 Å². The molecule has 4 aliphatic rings. The average molecular weight is 948 g/mol. The van der Waals surface area contributed by atoms with E-state index < -0.39 is 54.5 Å². The van der Waals surface area contributed by atoms with Crippen LogP contribution in [0.15, 0.2) is 24.3 Å². The van der Waals surface area contributed by atoms with Crippen molar-refractivity contribution in [3.05, 3.63) is 47.3 Å². The van der Waals surface area contributed by atoms with Crippen molar-refractivity contribution in [1.82, 2.24) is 19.8 Å². The van der Waals surface area contributed by atoms with Crippen LogP contribution in [0.1, 0.15) is 100.0 Å². The lowest BCUT2D eigenvalue weighted by atomic mass is 9.92. The molecule has 5 heterocycles. The second-order valence-corrected chi connectivity index (χ2v) is 26.4. The lowest BCUT2D eigenvalue weighted by molar-refractivity contribution is 0.0122. The molecule has 4 saturated heterocycles. The van der Waals surface area contributed by atoms with Gasteiger partial charge in [-0.3, -0.25) is 9.80 Å². The summed E-state index contributed by atoms with van der Waals surface area (Å²) >= 11 is 0. The molecule has 0 spiro atoms. The number of rotatable bonds is 12. The SMILES string of the molecule is COCOc1cc(-c2c(F)c(OC)c3c(N4CC5CCC(C4)N5C(=O)OC(C)(C)C)nc(OC[C@@]45CCCN4C[C@H](F)C5)nc3c2F)c2c(C#C[Si](C(C)C)(C(C)C)C(C)C)c(F)ccc2c1. The number of halogens is 4. The van der Waals surface area contributed by atoms with Crippen LogP contribution in [0.5, 0.6) is 17.5 Å². The predicted molar refractivity (Wildman–Crippen MR) is 255 cm³/mol. The number of alkyl halides is 1. The number of hydrogen-bond acceptors (Lipinski definition) is 10. The molecule has 4 atom stereocenters.